The molecule has 0 aromatic heterocycles. The fourth-order valence-corrected chi connectivity index (χ4v) is 2.79. The first-order valence-corrected chi connectivity index (χ1v) is 8.18. The summed E-state index contributed by atoms with van der Waals surface area (Å²) in [5.74, 6) is -1.35. The number of halogens is 1. The molecular formula is C18H19BrN2O2. The molecule has 0 heterocycles. The summed E-state index contributed by atoms with van der Waals surface area (Å²) in [6.07, 6.45) is 0.782. The van der Waals surface area contributed by atoms with Crippen LogP contribution < -0.4 is 10.6 Å². The van der Waals surface area contributed by atoms with Crippen LogP contribution in [0, 0.1) is 13.8 Å². The first-order valence-electron chi connectivity index (χ1n) is 7.39. The van der Waals surface area contributed by atoms with Crippen LogP contribution in [0.5, 0.6) is 0 Å². The van der Waals surface area contributed by atoms with Gasteiger partial charge in [0, 0.05) is 15.8 Å². The molecule has 2 rings (SSSR count). The number of carbonyl (C=O) groups excluding carboxylic acids is 2. The maximum atomic E-state index is 12.2. The summed E-state index contributed by atoms with van der Waals surface area (Å²) >= 11 is 3.37. The molecule has 0 fully saturated rings. The molecule has 0 spiro atoms. The van der Waals surface area contributed by atoms with Crippen molar-refractivity contribution in [2.75, 3.05) is 10.6 Å². The van der Waals surface area contributed by atoms with Crippen LogP contribution in [0.4, 0.5) is 11.4 Å². The van der Waals surface area contributed by atoms with E-state index in [0.29, 0.717) is 11.4 Å². The van der Waals surface area contributed by atoms with Gasteiger partial charge in [-0.1, -0.05) is 41.1 Å². The van der Waals surface area contributed by atoms with Crippen LogP contribution in [-0.4, -0.2) is 11.8 Å². The highest BCUT2D eigenvalue weighted by atomic mass is 79.9. The monoisotopic (exact) mass is 374 g/mol. The SMILES string of the molecule is CCc1cccc(C)c1NC(=O)C(=O)Nc1ccc(Br)cc1C. The van der Waals surface area contributed by atoms with Gasteiger partial charge in [0.05, 0.1) is 0 Å². The zero-order chi connectivity index (χ0) is 17.0. The van der Waals surface area contributed by atoms with Gasteiger partial charge in [0.2, 0.25) is 0 Å². The standard InChI is InChI=1S/C18H19BrN2O2/c1-4-13-7-5-6-11(2)16(13)21-18(23)17(22)20-15-9-8-14(19)10-12(15)3/h5-10H,4H2,1-3H3,(H,20,22)(H,21,23). The van der Waals surface area contributed by atoms with Crippen molar-refractivity contribution in [3.63, 3.8) is 0 Å². The third-order valence-electron chi connectivity index (χ3n) is 3.62. The van der Waals surface area contributed by atoms with Crippen molar-refractivity contribution in [2.24, 2.45) is 0 Å². The van der Waals surface area contributed by atoms with E-state index in [9.17, 15) is 9.59 Å². The molecule has 2 aromatic carbocycles. The van der Waals surface area contributed by atoms with Crippen molar-refractivity contribution in [2.45, 2.75) is 27.2 Å². The Hall–Kier alpha value is -2.14. The molecule has 0 aliphatic carbocycles. The Morgan fingerprint density at radius 3 is 2.35 bits per heavy atom. The second-order valence-electron chi connectivity index (χ2n) is 5.33. The maximum Gasteiger partial charge on any atom is 0.314 e. The first-order chi connectivity index (χ1) is 10.9. The van der Waals surface area contributed by atoms with Crippen LogP contribution >= 0.6 is 15.9 Å². The molecule has 0 bridgehead atoms. The number of benzene rings is 2. The lowest BCUT2D eigenvalue weighted by molar-refractivity contribution is -0.133. The zero-order valence-corrected chi connectivity index (χ0v) is 15.0. The van der Waals surface area contributed by atoms with Gasteiger partial charge in [-0.15, -0.1) is 0 Å². The Bertz CT molecular complexity index is 757. The highest BCUT2D eigenvalue weighted by Gasteiger charge is 2.17. The molecule has 0 radical (unpaired) electrons. The number of nitrogens with one attached hydrogen (secondary N) is 2. The minimum atomic E-state index is -0.680. The average molecular weight is 375 g/mol. The second kappa shape index (κ2) is 7.42. The largest absolute Gasteiger partial charge is 0.318 e. The van der Waals surface area contributed by atoms with Crippen LogP contribution in [0.3, 0.4) is 0 Å². The summed E-state index contributed by atoms with van der Waals surface area (Å²) in [5.41, 5.74) is 4.15. The molecule has 0 saturated carbocycles. The molecule has 4 nitrogen and oxygen atoms in total. The van der Waals surface area contributed by atoms with E-state index in [1.165, 1.54) is 0 Å². The number of anilines is 2. The number of aryl methyl sites for hydroxylation is 3. The molecule has 0 saturated heterocycles. The first kappa shape index (κ1) is 17.2. The van der Waals surface area contributed by atoms with E-state index in [-0.39, 0.29) is 0 Å². The molecule has 23 heavy (non-hydrogen) atoms. The molecule has 0 unspecified atom stereocenters. The van der Waals surface area contributed by atoms with Gasteiger partial charge in [0.25, 0.3) is 0 Å². The van der Waals surface area contributed by atoms with Crippen LogP contribution in [0.15, 0.2) is 40.9 Å². The summed E-state index contributed by atoms with van der Waals surface area (Å²) in [4.78, 5) is 24.3. The Labute approximate surface area is 144 Å². The number of hydrogen-bond donors (Lipinski definition) is 2. The van der Waals surface area contributed by atoms with Crippen molar-refractivity contribution >= 4 is 39.1 Å². The number of para-hydroxylation sites is 1. The molecule has 2 N–H and O–H groups in total. The van der Waals surface area contributed by atoms with Gasteiger partial charge in [0.15, 0.2) is 0 Å². The van der Waals surface area contributed by atoms with Gasteiger partial charge in [-0.2, -0.15) is 0 Å². The van der Waals surface area contributed by atoms with Gasteiger partial charge in [0.1, 0.15) is 0 Å². The summed E-state index contributed by atoms with van der Waals surface area (Å²) in [6.45, 7) is 5.79. The lowest BCUT2D eigenvalue weighted by Gasteiger charge is -2.13. The van der Waals surface area contributed by atoms with E-state index >= 15 is 0 Å². The zero-order valence-electron chi connectivity index (χ0n) is 13.4. The lowest BCUT2D eigenvalue weighted by Crippen LogP contribution is -2.30. The molecule has 0 aliphatic rings. The molecule has 120 valence electrons. The van der Waals surface area contributed by atoms with Gasteiger partial charge in [-0.3, -0.25) is 9.59 Å². The van der Waals surface area contributed by atoms with Crippen LogP contribution in [0.2, 0.25) is 0 Å². The predicted molar refractivity (Wildman–Crippen MR) is 96.7 cm³/mol. The summed E-state index contributed by atoms with van der Waals surface area (Å²) < 4.78 is 0.921. The minimum Gasteiger partial charge on any atom is -0.318 e. The molecular weight excluding hydrogens is 356 g/mol. The van der Waals surface area contributed by atoms with E-state index in [1.54, 1.807) is 6.07 Å². The number of amides is 2. The Kier molecular flexibility index (Phi) is 5.55. The van der Waals surface area contributed by atoms with Gasteiger partial charge in [-0.25, -0.2) is 0 Å². The van der Waals surface area contributed by atoms with Crippen molar-refractivity contribution < 1.29 is 9.59 Å². The highest BCUT2D eigenvalue weighted by Crippen LogP contribution is 2.22. The number of rotatable bonds is 3. The Balaban J connectivity index is 2.13. The third kappa shape index (κ3) is 4.20. The third-order valence-corrected chi connectivity index (χ3v) is 4.11. The lowest BCUT2D eigenvalue weighted by atomic mass is 10.1. The summed E-state index contributed by atoms with van der Waals surface area (Å²) in [5, 5.41) is 5.36. The van der Waals surface area contributed by atoms with Crippen molar-refractivity contribution in [1.29, 1.82) is 0 Å². The van der Waals surface area contributed by atoms with E-state index in [0.717, 1.165) is 27.6 Å². The van der Waals surface area contributed by atoms with Crippen LogP contribution in [0.1, 0.15) is 23.6 Å². The molecule has 5 heteroatoms. The Morgan fingerprint density at radius 1 is 1.00 bits per heavy atom. The normalized spacial score (nSPS) is 10.3. The predicted octanol–water partition coefficient (Wildman–Crippen LogP) is 4.21. The summed E-state index contributed by atoms with van der Waals surface area (Å²) in [7, 11) is 0. The van der Waals surface area contributed by atoms with Crippen molar-refractivity contribution in [1.82, 2.24) is 0 Å². The molecule has 0 atom stereocenters. The second-order valence-corrected chi connectivity index (χ2v) is 6.25. The average Bonchev–Trinajstić information content (AvgIpc) is 2.51. The molecule has 2 amide bonds. The minimum absolute atomic E-state index is 0.619. The maximum absolute atomic E-state index is 12.2. The van der Waals surface area contributed by atoms with Crippen LogP contribution in [-0.2, 0) is 16.0 Å². The molecule has 0 aliphatic heterocycles. The van der Waals surface area contributed by atoms with E-state index in [4.69, 9.17) is 0 Å². The molecule has 2 aromatic rings. The Morgan fingerprint density at radius 2 is 1.70 bits per heavy atom. The van der Waals surface area contributed by atoms with E-state index in [1.807, 2.05) is 51.1 Å². The van der Waals surface area contributed by atoms with Gasteiger partial charge in [-0.05, 0) is 55.2 Å². The number of hydrogen-bond acceptors (Lipinski definition) is 2. The fourth-order valence-electron chi connectivity index (χ4n) is 2.32. The topological polar surface area (TPSA) is 58.2 Å². The van der Waals surface area contributed by atoms with Gasteiger partial charge < -0.3 is 10.6 Å². The smallest absolute Gasteiger partial charge is 0.314 e. The van der Waals surface area contributed by atoms with Gasteiger partial charge >= 0.3 is 11.8 Å². The quantitative estimate of drug-likeness (QED) is 0.790. The summed E-state index contributed by atoms with van der Waals surface area (Å²) in [6, 6.07) is 11.2. The van der Waals surface area contributed by atoms with Crippen LogP contribution in [0.25, 0.3) is 0 Å². The van der Waals surface area contributed by atoms with E-state index in [2.05, 4.69) is 26.6 Å². The highest BCUT2D eigenvalue weighted by molar-refractivity contribution is 9.10. The van der Waals surface area contributed by atoms with Crippen molar-refractivity contribution in [3.8, 4) is 0 Å². The fraction of sp³-hybridized carbons (Fsp3) is 0.222. The van der Waals surface area contributed by atoms with Crippen molar-refractivity contribution in [3.05, 3.63) is 57.6 Å². The van der Waals surface area contributed by atoms with E-state index < -0.39 is 11.8 Å². The number of carbonyl (C=O) groups is 2.